The molecule has 4 heteroatoms. The summed E-state index contributed by atoms with van der Waals surface area (Å²) in [5, 5.41) is -0.269. The van der Waals surface area contributed by atoms with E-state index >= 15 is 0 Å². The molecule has 1 aromatic heterocycles. The highest BCUT2D eigenvalue weighted by Crippen LogP contribution is 2.48. The first-order valence-corrected chi connectivity index (χ1v) is 8.70. The molecule has 24 heavy (non-hydrogen) atoms. The molecule has 0 saturated heterocycles. The third-order valence-electron chi connectivity index (χ3n) is 4.11. The zero-order valence-corrected chi connectivity index (χ0v) is 14.0. The molecule has 3 nitrogen and oxygen atoms in total. The third-order valence-corrected chi connectivity index (χ3v) is 5.51. The molecule has 1 atom stereocenters. The summed E-state index contributed by atoms with van der Waals surface area (Å²) < 4.78 is 0. The van der Waals surface area contributed by atoms with Crippen molar-refractivity contribution in [2.75, 3.05) is 4.90 Å². The molecule has 3 aromatic rings. The van der Waals surface area contributed by atoms with E-state index in [0.717, 1.165) is 22.0 Å². The fourth-order valence-electron chi connectivity index (χ4n) is 2.91. The van der Waals surface area contributed by atoms with Gasteiger partial charge >= 0.3 is 0 Å². The number of hydrogen-bond donors (Lipinski definition) is 0. The number of amides is 1. The fraction of sp³-hybridized carbons (Fsp3) is 0.100. The monoisotopic (exact) mass is 332 g/mol. The molecule has 4 rings (SSSR count). The number of rotatable bonds is 3. The van der Waals surface area contributed by atoms with Gasteiger partial charge in [0.25, 0.3) is 5.91 Å². The Hall–Kier alpha value is -2.59. The van der Waals surface area contributed by atoms with Crippen molar-refractivity contribution < 1.29 is 4.79 Å². The molecule has 0 spiro atoms. The van der Waals surface area contributed by atoms with Crippen molar-refractivity contribution in [3.63, 3.8) is 0 Å². The number of nitrogens with zero attached hydrogens (tertiary/aromatic N) is 2. The van der Waals surface area contributed by atoms with E-state index in [1.165, 1.54) is 5.56 Å². The Kier molecular flexibility index (Phi) is 3.82. The zero-order chi connectivity index (χ0) is 16.5. The number of para-hydroxylation sites is 1. The van der Waals surface area contributed by atoms with Crippen LogP contribution < -0.4 is 4.90 Å². The fourth-order valence-corrected chi connectivity index (χ4v) is 4.09. The zero-order valence-electron chi connectivity index (χ0n) is 13.2. The first kappa shape index (κ1) is 15.0. The van der Waals surface area contributed by atoms with Gasteiger partial charge in [-0.2, -0.15) is 0 Å². The van der Waals surface area contributed by atoms with E-state index in [4.69, 9.17) is 0 Å². The summed E-state index contributed by atoms with van der Waals surface area (Å²) in [5.41, 5.74) is 3.01. The van der Waals surface area contributed by atoms with E-state index in [2.05, 4.69) is 24.0 Å². The van der Waals surface area contributed by atoms with Crippen LogP contribution in [0.4, 0.5) is 11.5 Å². The van der Waals surface area contributed by atoms with Crippen LogP contribution in [0.1, 0.15) is 16.4 Å². The molecular formula is C20H16N2OS. The second-order valence-corrected chi connectivity index (χ2v) is 6.84. The summed E-state index contributed by atoms with van der Waals surface area (Å²) in [7, 11) is 0. The molecule has 1 amide bonds. The van der Waals surface area contributed by atoms with Gasteiger partial charge in [0.15, 0.2) is 0 Å². The summed E-state index contributed by atoms with van der Waals surface area (Å²) in [5.74, 6) is 0.794. The van der Waals surface area contributed by atoms with E-state index in [1.54, 1.807) is 22.9 Å². The molecule has 1 aliphatic rings. The predicted octanol–water partition coefficient (Wildman–Crippen LogP) is 4.90. The van der Waals surface area contributed by atoms with Crippen LogP contribution in [0.15, 0.2) is 77.8 Å². The second kappa shape index (κ2) is 6.13. The maximum Gasteiger partial charge on any atom is 0.250 e. The number of thioether (sulfide) groups is 1. The van der Waals surface area contributed by atoms with Gasteiger partial charge in [-0.05, 0) is 36.8 Å². The highest BCUT2D eigenvalue weighted by molar-refractivity contribution is 8.00. The number of pyridine rings is 1. The predicted molar refractivity (Wildman–Crippen MR) is 97.6 cm³/mol. The van der Waals surface area contributed by atoms with Crippen molar-refractivity contribution in [1.29, 1.82) is 0 Å². The van der Waals surface area contributed by atoms with E-state index < -0.39 is 0 Å². The van der Waals surface area contributed by atoms with Crippen molar-refractivity contribution >= 4 is 29.2 Å². The number of aryl methyl sites for hydroxylation is 1. The summed E-state index contributed by atoms with van der Waals surface area (Å²) in [6, 6.07) is 21.8. The van der Waals surface area contributed by atoms with E-state index in [9.17, 15) is 4.79 Å². The number of aromatic nitrogens is 1. The lowest BCUT2D eigenvalue weighted by atomic mass is 10.2. The molecule has 2 aromatic carbocycles. The molecule has 0 saturated carbocycles. The minimum Gasteiger partial charge on any atom is -0.272 e. The molecule has 1 unspecified atom stereocenters. The number of benzene rings is 2. The lowest BCUT2D eigenvalue weighted by Crippen LogP contribution is -2.23. The minimum absolute atomic E-state index is 0.0585. The van der Waals surface area contributed by atoms with Gasteiger partial charge < -0.3 is 0 Å². The molecule has 0 fully saturated rings. The molecular weight excluding hydrogens is 316 g/mol. The quantitative estimate of drug-likeness (QED) is 0.684. The topological polar surface area (TPSA) is 33.2 Å². The average Bonchev–Trinajstić information content (AvgIpc) is 2.90. The number of carbonyl (C=O) groups is 1. The van der Waals surface area contributed by atoms with Crippen LogP contribution >= 0.6 is 11.8 Å². The lowest BCUT2D eigenvalue weighted by Gasteiger charge is -2.17. The number of hydrogen-bond acceptors (Lipinski definition) is 3. The van der Waals surface area contributed by atoms with Crippen LogP contribution in [0, 0.1) is 6.92 Å². The number of anilines is 2. The molecule has 0 radical (unpaired) electrons. The summed E-state index contributed by atoms with van der Waals surface area (Å²) >= 11 is 1.60. The standard InChI is InChI=1S/C20H16N2OS/c1-14-8-5-6-12-17(14)24-18-16-11-7-13-21-19(16)22(20(18)23)15-9-3-2-4-10-15/h2-13,18H,1H3. The van der Waals surface area contributed by atoms with E-state index in [0.29, 0.717) is 0 Å². The third kappa shape index (κ3) is 2.49. The van der Waals surface area contributed by atoms with Gasteiger partial charge in [0.1, 0.15) is 11.1 Å². The van der Waals surface area contributed by atoms with Gasteiger partial charge in [0.05, 0.1) is 5.69 Å². The number of carbonyl (C=O) groups excluding carboxylic acids is 1. The normalized spacial score (nSPS) is 16.3. The van der Waals surface area contributed by atoms with Crippen molar-refractivity contribution in [1.82, 2.24) is 4.98 Å². The van der Waals surface area contributed by atoms with Crippen LogP contribution in [0.5, 0.6) is 0 Å². The molecule has 1 aliphatic heterocycles. The number of fused-ring (bicyclic) bond motifs is 1. The summed E-state index contributed by atoms with van der Waals surface area (Å²) in [6.45, 7) is 2.07. The lowest BCUT2D eigenvalue weighted by molar-refractivity contribution is -0.116. The van der Waals surface area contributed by atoms with Crippen LogP contribution in [-0.2, 0) is 4.79 Å². The maximum absolute atomic E-state index is 13.1. The van der Waals surface area contributed by atoms with Crippen LogP contribution in [-0.4, -0.2) is 10.9 Å². The van der Waals surface area contributed by atoms with Crippen molar-refractivity contribution in [2.45, 2.75) is 17.1 Å². The highest BCUT2D eigenvalue weighted by atomic mass is 32.2. The molecule has 0 N–H and O–H groups in total. The molecule has 118 valence electrons. The van der Waals surface area contributed by atoms with Gasteiger partial charge in [-0.15, -0.1) is 11.8 Å². The SMILES string of the molecule is Cc1ccccc1SC1C(=O)N(c2ccccc2)c2ncccc21. The van der Waals surface area contributed by atoms with Gasteiger partial charge in [-0.1, -0.05) is 42.5 Å². The second-order valence-electron chi connectivity index (χ2n) is 5.69. The van der Waals surface area contributed by atoms with Crippen molar-refractivity contribution in [3.05, 3.63) is 84.1 Å². The van der Waals surface area contributed by atoms with Gasteiger partial charge in [-0.25, -0.2) is 4.98 Å². The van der Waals surface area contributed by atoms with Gasteiger partial charge in [0.2, 0.25) is 0 Å². The Bertz CT molecular complexity index is 895. The van der Waals surface area contributed by atoms with E-state index in [1.807, 2.05) is 54.6 Å². The van der Waals surface area contributed by atoms with Crippen LogP contribution in [0.2, 0.25) is 0 Å². The van der Waals surface area contributed by atoms with Crippen LogP contribution in [0.25, 0.3) is 0 Å². The minimum atomic E-state index is -0.269. The van der Waals surface area contributed by atoms with Crippen molar-refractivity contribution in [3.8, 4) is 0 Å². The highest BCUT2D eigenvalue weighted by Gasteiger charge is 2.39. The molecule has 0 bridgehead atoms. The molecule has 2 heterocycles. The van der Waals surface area contributed by atoms with Crippen molar-refractivity contribution in [2.24, 2.45) is 0 Å². The Morgan fingerprint density at radius 3 is 2.50 bits per heavy atom. The Morgan fingerprint density at radius 2 is 1.71 bits per heavy atom. The smallest absolute Gasteiger partial charge is 0.250 e. The first-order chi connectivity index (χ1) is 11.8. The average molecular weight is 332 g/mol. The maximum atomic E-state index is 13.1. The Balaban J connectivity index is 1.77. The van der Waals surface area contributed by atoms with E-state index in [-0.39, 0.29) is 11.2 Å². The summed E-state index contributed by atoms with van der Waals surface area (Å²) in [4.78, 5) is 20.5. The van der Waals surface area contributed by atoms with Crippen LogP contribution in [0.3, 0.4) is 0 Å². The first-order valence-electron chi connectivity index (χ1n) is 7.82. The summed E-state index contributed by atoms with van der Waals surface area (Å²) in [6.07, 6.45) is 1.74. The van der Waals surface area contributed by atoms with Gasteiger partial charge in [0, 0.05) is 16.7 Å². The Morgan fingerprint density at radius 1 is 0.958 bits per heavy atom. The Labute approximate surface area is 145 Å². The largest absolute Gasteiger partial charge is 0.272 e. The molecule has 0 aliphatic carbocycles. The van der Waals surface area contributed by atoms with Gasteiger partial charge in [-0.3, -0.25) is 9.69 Å².